The van der Waals surface area contributed by atoms with Crippen LogP contribution in [-0.4, -0.2) is 87.6 Å². The third-order valence-electron chi connectivity index (χ3n) is 6.17. The standard InChI is InChI=1S/C18H33NO5.C15H29NO5/c1-12(10-14(20)23-16(2,3)4)13-11-22-18(8,9)19(13)15(21)24-17(5,6)7;1-10(8-12(18)20-14(2,3)4)11(9-17)16-13(19)21-15(5,6)7/h12-13H,10-11H2,1-9H3;10-11,17H,8-9H2,1-7H3,(H,16,19)/t12-,13?;10-,11?/m00/s1. The van der Waals surface area contributed by atoms with Crippen molar-refractivity contribution >= 4 is 24.1 Å². The number of hydrogen-bond acceptors (Lipinski definition) is 10. The molecule has 1 fully saturated rings. The number of aliphatic hydroxyl groups is 1. The first-order chi connectivity index (χ1) is 20.0. The zero-order valence-corrected chi connectivity index (χ0v) is 30.7. The summed E-state index contributed by atoms with van der Waals surface area (Å²) in [6, 6.07) is -0.797. The maximum absolute atomic E-state index is 12.6. The third-order valence-corrected chi connectivity index (χ3v) is 6.17. The molecule has 12 heteroatoms. The van der Waals surface area contributed by atoms with Crippen molar-refractivity contribution in [3.63, 3.8) is 0 Å². The van der Waals surface area contributed by atoms with Crippen molar-refractivity contribution in [3.8, 4) is 0 Å². The second-order valence-corrected chi connectivity index (χ2v) is 16.1. The van der Waals surface area contributed by atoms with Crippen molar-refractivity contribution in [1.82, 2.24) is 10.2 Å². The van der Waals surface area contributed by atoms with Crippen LogP contribution in [0.4, 0.5) is 9.59 Å². The Bertz CT molecular complexity index is 983. The van der Waals surface area contributed by atoms with Gasteiger partial charge < -0.3 is 34.1 Å². The fourth-order valence-corrected chi connectivity index (χ4v) is 4.32. The van der Waals surface area contributed by atoms with E-state index in [0.29, 0.717) is 6.61 Å². The number of aliphatic hydroxyl groups excluding tert-OH is 1. The monoisotopic (exact) mass is 646 g/mol. The molecule has 4 atom stereocenters. The first-order valence-electron chi connectivity index (χ1n) is 15.7. The van der Waals surface area contributed by atoms with Gasteiger partial charge in [-0.05, 0) is 109 Å². The van der Waals surface area contributed by atoms with Crippen LogP contribution in [0.25, 0.3) is 0 Å². The fraction of sp³-hybridized carbons (Fsp3) is 0.879. The number of rotatable bonds is 8. The van der Waals surface area contributed by atoms with Crippen LogP contribution >= 0.6 is 0 Å². The Kier molecular flexibility index (Phi) is 15.4. The Morgan fingerprint density at radius 3 is 1.60 bits per heavy atom. The maximum Gasteiger partial charge on any atom is 0.412 e. The minimum Gasteiger partial charge on any atom is -0.460 e. The van der Waals surface area contributed by atoms with E-state index in [2.05, 4.69) is 5.32 Å². The van der Waals surface area contributed by atoms with Crippen LogP contribution in [0.1, 0.15) is 124 Å². The van der Waals surface area contributed by atoms with Gasteiger partial charge in [-0.2, -0.15) is 0 Å². The number of amides is 2. The molecule has 0 saturated carbocycles. The van der Waals surface area contributed by atoms with Gasteiger partial charge in [-0.3, -0.25) is 14.5 Å². The van der Waals surface area contributed by atoms with Gasteiger partial charge >= 0.3 is 24.1 Å². The SMILES string of the molecule is C[C@@H](CC(=O)OC(C)(C)C)C(CO)NC(=O)OC(C)(C)C.C[C@@H](CC(=O)OC(C)(C)C)C1COC(C)(C)N1C(=O)OC(C)(C)C. The molecular weight excluding hydrogens is 584 g/mol. The molecule has 0 bridgehead atoms. The molecule has 1 heterocycles. The zero-order valence-electron chi connectivity index (χ0n) is 30.7. The molecule has 2 amide bonds. The molecule has 264 valence electrons. The molecule has 0 spiro atoms. The third kappa shape index (κ3) is 18.2. The highest BCUT2D eigenvalue weighted by molar-refractivity contribution is 5.72. The molecule has 0 radical (unpaired) electrons. The number of nitrogens with zero attached hydrogens (tertiary/aromatic N) is 1. The predicted octanol–water partition coefficient (Wildman–Crippen LogP) is 5.97. The number of esters is 2. The lowest BCUT2D eigenvalue weighted by Crippen LogP contribution is -2.51. The van der Waals surface area contributed by atoms with Crippen molar-refractivity contribution in [2.24, 2.45) is 11.8 Å². The molecule has 2 N–H and O–H groups in total. The van der Waals surface area contributed by atoms with Crippen LogP contribution in [-0.2, 0) is 33.3 Å². The molecule has 1 saturated heterocycles. The summed E-state index contributed by atoms with van der Waals surface area (Å²) in [5.41, 5.74) is -3.04. The van der Waals surface area contributed by atoms with Crippen LogP contribution in [0.2, 0.25) is 0 Å². The van der Waals surface area contributed by atoms with Gasteiger partial charge in [-0.15, -0.1) is 0 Å². The Balaban J connectivity index is 0.000000870. The average Bonchev–Trinajstić information content (AvgIpc) is 3.07. The summed E-state index contributed by atoms with van der Waals surface area (Å²) < 4.78 is 27.0. The van der Waals surface area contributed by atoms with E-state index in [1.807, 2.05) is 62.3 Å². The van der Waals surface area contributed by atoms with Crippen LogP contribution in [0.15, 0.2) is 0 Å². The lowest BCUT2D eigenvalue weighted by molar-refractivity contribution is -0.157. The Labute approximate surface area is 271 Å². The summed E-state index contributed by atoms with van der Waals surface area (Å²) in [6.45, 7) is 29.1. The van der Waals surface area contributed by atoms with E-state index in [9.17, 15) is 24.3 Å². The quantitative estimate of drug-likeness (QED) is 0.239. The predicted molar refractivity (Wildman–Crippen MR) is 171 cm³/mol. The summed E-state index contributed by atoms with van der Waals surface area (Å²) in [5, 5.41) is 11.9. The lowest BCUT2D eigenvalue weighted by Gasteiger charge is -2.37. The van der Waals surface area contributed by atoms with E-state index in [1.54, 1.807) is 53.4 Å². The lowest BCUT2D eigenvalue weighted by atomic mass is 9.97. The van der Waals surface area contributed by atoms with Gasteiger partial charge in [-0.25, -0.2) is 9.59 Å². The topological polar surface area (TPSA) is 150 Å². The molecule has 2 unspecified atom stereocenters. The molecule has 1 rings (SSSR count). The summed E-state index contributed by atoms with van der Waals surface area (Å²) in [7, 11) is 0. The molecule has 1 aliphatic rings. The number of alkyl carbamates (subject to hydrolysis) is 1. The van der Waals surface area contributed by atoms with E-state index in [0.717, 1.165) is 0 Å². The molecule has 0 aliphatic carbocycles. The van der Waals surface area contributed by atoms with E-state index in [4.69, 9.17) is 23.7 Å². The molecular formula is C33H62N2O10. The van der Waals surface area contributed by atoms with Crippen LogP contribution in [0.3, 0.4) is 0 Å². The van der Waals surface area contributed by atoms with Gasteiger partial charge in [0.1, 0.15) is 28.1 Å². The highest BCUT2D eigenvalue weighted by Gasteiger charge is 2.48. The Morgan fingerprint density at radius 2 is 1.20 bits per heavy atom. The van der Waals surface area contributed by atoms with Crippen molar-refractivity contribution in [2.75, 3.05) is 13.2 Å². The van der Waals surface area contributed by atoms with Gasteiger partial charge in [0.05, 0.1) is 38.1 Å². The second-order valence-electron chi connectivity index (χ2n) is 16.1. The average molecular weight is 647 g/mol. The summed E-state index contributed by atoms with van der Waals surface area (Å²) in [5.74, 6) is -1.00. The molecule has 45 heavy (non-hydrogen) atoms. The largest absolute Gasteiger partial charge is 0.460 e. The second kappa shape index (κ2) is 16.3. The molecule has 0 aromatic rings. The highest BCUT2D eigenvalue weighted by Crippen LogP contribution is 2.34. The van der Waals surface area contributed by atoms with Gasteiger partial charge in [-0.1, -0.05) is 13.8 Å². The number of carbonyl (C=O) groups is 4. The minimum absolute atomic E-state index is 0.103. The first kappa shape index (κ1) is 42.4. The molecule has 12 nitrogen and oxygen atoms in total. The normalized spacial score (nSPS) is 18.9. The number of nitrogens with one attached hydrogen (secondary N) is 1. The first-order valence-corrected chi connectivity index (χ1v) is 15.7. The highest BCUT2D eigenvalue weighted by atomic mass is 16.6. The molecule has 0 aromatic heterocycles. The van der Waals surface area contributed by atoms with Crippen LogP contribution in [0, 0.1) is 11.8 Å². The Morgan fingerprint density at radius 1 is 0.778 bits per heavy atom. The number of carbonyl (C=O) groups excluding carboxylic acids is 4. The van der Waals surface area contributed by atoms with Crippen molar-refractivity contribution in [1.29, 1.82) is 0 Å². The number of ether oxygens (including phenoxy) is 5. The smallest absolute Gasteiger partial charge is 0.412 e. The molecule has 1 aliphatic heterocycles. The van der Waals surface area contributed by atoms with Crippen LogP contribution < -0.4 is 5.32 Å². The summed E-state index contributed by atoms with van der Waals surface area (Å²) in [6.07, 6.45) is -0.706. The number of hydrogen-bond donors (Lipinski definition) is 2. The van der Waals surface area contributed by atoms with Crippen molar-refractivity contribution < 1.29 is 48.0 Å². The van der Waals surface area contributed by atoms with Gasteiger partial charge in [0.2, 0.25) is 0 Å². The van der Waals surface area contributed by atoms with Crippen molar-refractivity contribution in [3.05, 3.63) is 0 Å². The summed E-state index contributed by atoms with van der Waals surface area (Å²) >= 11 is 0. The minimum atomic E-state index is -0.769. The van der Waals surface area contributed by atoms with Gasteiger partial charge in [0.15, 0.2) is 0 Å². The van der Waals surface area contributed by atoms with E-state index >= 15 is 0 Å². The fourth-order valence-electron chi connectivity index (χ4n) is 4.32. The maximum atomic E-state index is 12.6. The van der Waals surface area contributed by atoms with Gasteiger partial charge in [0.25, 0.3) is 0 Å². The van der Waals surface area contributed by atoms with Crippen molar-refractivity contribution in [2.45, 2.75) is 164 Å². The summed E-state index contributed by atoms with van der Waals surface area (Å²) in [4.78, 5) is 49.8. The Hall–Kier alpha value is -2.60. The molecule has 0 aromatic carbocycles. The van der Waals surface area contributed by atoms with E-state index < -0.39 is 46.4 Å². The van der Waals surface area contributed by atoms with E-state index in [1.165, 1.54) is 0 Å². The van der Waals surface area contributed by atoms with Crippen LogP contribution in [0.5, 0.6) is 0 Å². The van der Waals surface area contributed by atoms with E-state index in [-0.39, 0.29) is 49.3 Å². The zero-order chi connectivity index (χ0) is 35.8. The van der Waals surface area contributed by atoms with Gasteiger partial charge in [0, 0.05) is 0 Å².